The molecular weight excluding hydrogens is 331 g/mol. The van der Waals surface area contributed by atoms with Gasteiger partial charge in [0, 0.05) is 0 Å². The number of carbonyl (C=O) groups is 1. The molecule has 2 aromatic rings. The van der Waals surface area contributed by atoms with Crippen LogP contribution < -0.4 is 5.32 Å². The summed E-state index contributed by atoms with van der Waals surface area (Å²) < 4.78 is 0. The Kier molecular flexibility index (Phi) is 5.81. The lowest BCUT2D eigenvalue weighted by molar-refractivity contribution is -0.117. The Morgan fingerprint density at radius 1 is 1.17 bits per heavy atom. The van der Waals surface area contributed by atoms with Crippen molar-refractivity contribution in [1.82, 2.24) is 5.32 Å². The number of nitrogens with zero attached hydrogens (tertiary/aromatic N) is 1. The molecule has 1 N–H and O–H groups in total. The predicted octanol–water partition coefficient (Wildman–Crippen LogP) is 4.78. The molecule has 0 spiro atoms. The monoisotopic (exact) mass is 344 g/mol. The first-order chi connectivity index (χ1) is 11.0. The van der Waals surface area contributed by atoms with Crippen LogP contribution in [0.2, 0.25) is 10.0 Å². The molecule has 0 heterocycles. The SMILES string of the molecule is C[C@@H](NC(=O)/C(C#N)=C\c1ccc(Cl)c(Cl)c1)c1ccccc1. The third-order valence-electron chi connectivity index (χ3n) is 3.27. The lowest BCUT2D eigenvalue weighted by atomic mass is 10.1. The standard InChI is InChI=1S/C18H14Cl2N2O/c1-12(14-5-3-2-4-6-14)22-18(23)15(11-21)9-13-7-8-16(19)17(20)10-13/h2-10,12H,1H3,(H,22,23)/b15-9-/t12-/m1/s1. The number of nitriles is 1. The van der Waals surface area contributed by atoms with Gasteiger partial charge in [-0.25, -0.2) is 0 Å². The van der Waals surface area contributed by atoms with Crippen molar-refractivity contribution in [2.24, 2.45) is 0 Å². The number of hydrogen-bond acceptors (Lipinski definition) is 2. The molecule has 3 nitrogen and oxygen atoms in total. The van der Waals surface area contributed by atoms with Crippen molar-refractivity contribution in [1.29, 1.82) is 5.26 Å². The molecule has 2 aromatic carbocycles. The maximum atomic E-state index is 12.3. The zero-order valence-electron chi connectivity index (χ0n) is 12.4. The molecule has 0 bridgehead atoms. The molecule has 2 rings (SSSR count). The van der Waals surface area contributed by atoms with Gasteiger partial charge in [-0.1, -0.05) is 59.6 Å². The van der Waals surface area contributed by atoms with E-state index in [-0.39, 0.29) is 11.6 Å². The van der Waals surface area contributed by atoms with Gasteiger partial charge in [0.1, 0.15) is 11.6 Å². The highest BCUT2D eigenvalue weighted by Crippen LogP contribution is 2.23. The van der Waals surface area contributed by atoms with Gasteiger partial charge in [0.25, 0.3) is 5.91 Å². The zero-order chi connectivity index (χ0) is 16.8. The van der Waals surface area contributed by atoms with Crippen molar-refractivity contribution in [3.63, 3.8) is 0 Å². The van der Waals surface area contributed by atoms with E-state index >= 15 is 0 Å². The topological polar surface area (TPSA) is 52.9 Å². The molecule has 1 atom stereocenters. The van der Waals surface area contributed by atoms with Gasteiger partial charge in [0.2, 0.25) is 0 Å². The Bertz CT molecular complexity index is 779. The van der Waals surface area contributed by atoms with Crippen molar-refractivity contribution in [2.75, 3.05) is 0 Å². The first-order valence-corrected chi connectivity index (χ1v) is 7.69. The highest BCUT2D eigenvalue weighted by atomic mass is 35.5. The minimum absolute atomic E-state index is 0.00571. The van der Waals surface area contributed by atoms with Gasteiger partial charge in [-0.15, -0.1) is 0 Å². The fraction of sp³-hybridized carbons (Fsp3) is 0.111. The normalized spacial score (nSPS) is 12.3. The second kappa shape index (κ2) is 7.82. The average molecular weight is 345 g/mol. The zero-order valence-corrected chi connectivity index (χ0v) is 13.9. The largest absolute Gasteiger partial charge is 0.345 e. The van der Waals surface area contributed by atoms with Gasteiger partial charge in [-0.05, 0) is 36.3 Å². The number of rotatable bonds is 4. The summed E-state index contributed by atoms with van der Waals surface area (Å²) in [6.07, 6.45) is 1.48. The summed E-state index contributed by atoms with van der Waals surface area (Å²) in [5.74, 6) is -0.435. The molecule has 1 amide bonds. The fourth-order valence-corrected chi connectivity index (χ4v) is 2.32. The Balaban J connectivity index is 2.17. The summed E-state index contributed by atoms with van der Waals surface area (Å²) in [4.78, 5) is 12.3. The van der Waals surface area contributed by atoms with E-state index in [9.17, 15) is 10.1 Å². The third-order valence-corrected chi connectivity index (χ3v) is 4.01. The van der Waals surface area contributed by atoms with Crippen molar-refractivity contribution >= 4 is 35.2 Å². The van der Waals surface area contributed by atoms with Gasteiger partial charge in [0.05, 0.1) is 16.1 Å². The first-order valence-electron chi connectivity index (χ1n) is 6.94. The highest BCUT2D eigenvalue weighted by molar-refractivity contribution is 6.42. The molecule has 0 aliphatic heterocycles. The lowest BCUT2D eigenvalue weighted by Crippen LogP contribution is -2.27. The van der Waals surface area contributed by atoms with Gasteiger partial charge in [-0.2, -0.15) is 5.26 Å². The van der Waals surface area contributed by atoms with Crippen LogP contribution in [0.3, 0.4) is 0 Å². The van der Waals surface area contributed by atoms with E-state index in [1.54, 1.807) is 18.2 Å². The van der Waals surface area contributed by atoms with Crippen LogP contribution in [-0.2, 0) is 4.79 Å². The number of carbonyl (C=O) groups excluding carboxylic acids is 1. The smallest absolute Gasteiger partial charge is 0.262 e. The molecule has 0 saturated heterocycles. The van der Waals surface area contributed by atoms with Crippen LogP contribution >= 0.6 is 23.2 Å². The molecule has 0 unspecified atom stereocenters. The van der Waals surface area contributed by atoms with Crippen LogP contribution in [0, 0.1) is 11.3 Å². The predicted molar refractivity (Wildman–Crippen MR) is 93.1 cm³/mol. The second-order valence-electron chi connectivity index (χ2n) is 4.95. The number of benzene rings is 2. The molecule has 0 aromatic heterocycles. The van der Waals surface area contributed by atoms with E-state index in [1.807, 2.05) is 43.3 Å². The van der Waals surface area contributed by atoms with Gasteiger partial charge >= 0.3 is 0 Å². The summed E-state index contributed by atoms with van der Waals surface area (Å²) in [7, 11) is 0. The van der Waals surface area contributed by atoms with Crippen molar-refractivity contribution in [3.8, 4) is 6.07 Å². The number of amides is 1. The number of nitrogens with one attached hydrogen (secondary N) is 1. The Morgan fingerprint density at radius 2 is 1.87 bits per heavy atom. The minimum atomic E-state index is -0.435. The lowest BCUT2D eigenvalue weighted by Gasteiger charge is -2.13. The maximum Gasteiger partial charge on any atom is 0.262 e. The summed E-state index contributed by atoms with van der Waals surface area (Å²) >= 11 is 11.8. The Labute approximate surface area is 145 Å². The van der Waals surface area contributed by atoms with Gasteiger partial charge in [-0.3, -0.25) is 4.79 Å². The van der Waals surface area contributed by atoms with E-state index in [2.05, 4.69) is 5.32 Å². The highest BCUT2D eigenvalue weighted by Gasteiger charge is 2.13. The molecule has 0 aliphatic carbocycles. The van der Waals surface area contributed by atoms with Crippen molar-refractivity contribution in [3.05, 3.63) is 75.3 Å². The maximum absolute atomic E-state index is 12.3. The summed E-state index contributed by atoms with van der Waals surface area (Å²) in [5.41, 5.74) is 1.61. The van der Waals surface area contributed by atoms with E-state index in [4.69, 9.17) is 23.2 Å². The molecule has 0 fully saturated rings. The van der Waals surface area contributed by atoms with E-state index in [1.165, 1.54) is 6.08 Å². The molecule has 0 aliphatic rings. The van der Waals surface area contributed by atoms with Crippen LogP contribution in [0.25, 0.3) is 6.08 Å². The van der Waals surface area contributed by atoms with E-state index in [0.29, 0.717) is 15.6 Å². The summed E-state index contributed by atoms with van der Waals surface area (Å²) in [6, 6.07) is 16.2. The first kappa shape index (κ1) is 17.1. The van der Waals surface area contributed by atoms with Gasteiger partial charge in [0.15, 0.2) is 0 Å². The van der Waals surface area contributed by atoms with Crippen LogP contribution in [0.5, 0.6) is 0 Å². The van der Waals surface area contributed by atoms with Crippen LogP contribution in [-0.4, -0.2) is 5.91 Å². The van der Waals surface area contributed by atoms with Crippen LogP contribution in [0.4, 0.5) is 0 Å². The Morgan fingerprint density at radius 3 is 2.48 bits per heavy atom. The number of halogens is 2. The third kappa shape index (κ3) is 4.59. The quantitative estimate of drug-likeness (QED) is 0.641. The summed E-state index contributed by atoms with van der Waals surface area (Å²) in [5, 5.41) is 12.8. The Hall–Kier alpha value is -2.28. The molecular formula is C18H14Cl2N2O. The van der Waals surface area contributed by atoms with Gasteiger partial charge < -0.3 is 5.32 Å². The van der Waals surface area contributed by atoms with Crippen molar-refractivity contribution in [2.45, 2.75) is 13.0 Å². The van der Waals surface area contributed by atoms with Crippen LogP contribution in [0.1, 0.15) is 24.1 Å². The van der Waals surface area contributed by atoms with E-state index in [0.717, 1.165) is 5.56 Å². The minimum Gasteiger partial charge on any atom is -0.345 e. The van der Waals surface area contributed by atoms with Crippen LogP contribution in [0.15, 0.2) is 54.1 Å². The van der Waals surface area contributed by atoms with Crippen molar-refractivity contribution < 1.29 is 4.79 Å². The molecule has 0 saturated carbocycles. The second-order valence-corrected chi connectivity index (χ2v) is 5.76. The molecule has 0 radical (unpaired) electrons. The molecule has 23 heavy (non-hydrogen) atoms. The number of hydrogen-bond donors (Lipinski definition) is 1. The summed E-state index contributed by atoms with van der Waals surface area (Å²) in [6.45, 7) is 1.86. The van der Waals surface area contributed by atoms with E-state index < -0.39 is 5.91 Å². The molecule has 5 heteroatoms. The fourth-order valence-electron chi connectivity index (χ4n) is 2.02. The molecule has 116 valence electrons. The average Bonchev–Trinajstić information content (AvgIpc) is 2.56.